The third-order valence-corrected chi connectivity index (χ3v) is 6.86. The van der Waals surface area contributed by atoms with Gasteiger partial charge in [-0.2, -0.15) is 0 Å². The second kappa shape index (κ2) is 8.95. The van der Waals surface area contributed by atoms with Crippen molar-refractivity contribution < 1.29 is 9.21 Å². The number of thioether (sulfide) groups is 2. The highest BCUT2D eigenvalue weighted by Gasteiger charge is 2.32. The Hall–Kier alpha value is -3.10. The normalized spacial score (nSPS) is 15.5. The van der Waals surface area contributed by atoms with Gasteiger partial charge >= 0.3 is 0 Å². The number of aromatic nitrogens is 3. The minimum Gasteiger partial charge on any atom is -0.411 e. The topological polar surface area (TPSA) is 72.1 Å². The number of nitrogens with zero attached hydrogens (tertiary/aromatic N) is 4. The van der Waals surface area contributed by atoms with Crippen molar-refractivity contribution in [2.24, 2.45) is 0 Å². The Morgan fingerprint density at radius 2 is 1.90 bits per heavy atom. The summed E-state index contributed by atoms with van der Waals surface area (Å²) in [4.78, 5) is 20.5. The zero-order valence-corrected chi connectivity index (χ0v) is 18.1. The van der Waals surface area contributed by atoms with Crippen molar-refractivity contribution in [3.05, 3.63) is 84.7 Å². The van der Waals surface area contributed by atoms with Gasteiger partial charge < -0.3 is 9.32 Å². The number of anilines is 1. The Kier molecular flexibility index (Phi) is 5.73. The SMILES string of the molecule is O=C(CSc1nnc(-c2cccnc2)o1)N1c2ccccc2SC[C@H]1c1ccccc1. The lowest BCUT2D eigenvalue weighted by Gasteiger charge is -2.37. The number of carbonyl (C=O) groups excluding carboxylic acids is 1. The number of amides is 1. The smallest absolute Gasteiger partial charge is 0.277 e. The maximum atomic E-state index is 13.4. The first-order valence-corrected chi connectivity index (χ1v) is 11.7. The van der Waals surface area contributed by atoms with Gasteiger partial charge in [-0.05, 0) is 29.8 Å². The number of fused-ring (bicyclic) bond motifs is 1. The molecule has 1 aliphatic heterocycles. The van der Waals surface area contributed by atoms with E-state index in [0.717, 1.165) is 27.5 Å². The molecule has 0 N–H and O–H groups in total. The van der Waals surface area contributed by atoms with Crippen LogP contribution in [0.2, 0.25) is 0 Å². The molecule has 31 heavy (non-hydrogen) atoms. The Morgan fingerprint density at radius 3 is 2.74 bits per heavy atom. The largest absolute Gasteiger partial charge is 0.411 e. The van der Waals surface area contributed by atoms with E-state index in [0.29, 0.717) is 11.1 Å². The molecule has 8 heteroatoms. The number of rotatable bonds is 5. The quantitative estimate of drug-likeness (QED) is 0.395. The number of benzene rings is 2. The van der Waals surface area contributed by atoms with E-state index >= 15 is 0 Å². The van der Waals surface area contributed by atoms with E-state index < -0.39 is 0 Å². The van der Waals surface area contributed by atoms with Gasteiger partial charge in [-0.15, -0.1) is 22.0 Å². The van der Waals surface area contributed by atoms with Gasteiger partial charge in [0.15, 0.2) is 0 Å². The van der Waals surface area contributed by atoms with Crippen LogP contribution in [0.3, 0.4) is 0 Å². The molecule has 0 radical (unpaired) electrons. The fraction of sp³-hybridized carbons (Fsp3) is 0.130. The predicted molar refractivity (Wildman–Crippen MR) is 122 cm³/mol. The second-order valence-corrected chi connectivity index (χ2v) is 8.86. The molecule has 2 aromatic heterocycles. The van der Waals surface area contributed by atoms with Crippen molar-refractivity contribution >= 4 is 35.1 Å². The van der Waals surface area contributed by atoms with Crippen molar-refractivity contribution in [1.82, 2.24) is 15.2 Å². The molecule has 0 bridgehead atoms. The molecular formula is C23H18N4O2S2. The first-order valence-electron chi connectivity index (χ1n) is 9.75. The highest BCUT2D eigenvalue weighted by molar-refractivity contribution is 8.00. The van der Waals surface area contributed by atoms with Crippen LogP contribution >= 0.6 is 23.5 Å². The van der Waals surface area contributed by atoms with Gasteiger partial charge in [-0.1, -0.05) is 54.2 Å². The first kappa shape index (κ1) is 19.8. The summed E-state index contributed by atoms with van der Waals surface area (Å²) >= 11 is 3.03. The van der Waals surface area contributed by atoms with Crippen molar-refractivity contribution in [3.63, 3.8) is 0 Å². The fourth-order valence-corrected chi connectivity index (χ4v) is 5.28. The molecule has 0 spiro atoms. The summed E-state index contributed by atoms with van der Waals surface area (Å²) < 4.78 is 5.71. The number of carbonyl (C=O) groups is 1. The van der Waals surface area contributed by atoms with E-state index in [1.807, 2.05) is 53.4 Å². The standard InChI is InChI=1S/C23H18N4O2S2/c28-21(15-31-23-26-25-22(29-23)17-9-6-12-24-13-17)27-18-10-4-5-11-20(18)30-14-19(27)16-7-2-1-3-8-16/h1-13,19H,14-15H2/t19-/m0/s1. The molecule has 0 aliphatic carbocycles. The Morgan fingerprint density at radius 1 is 1.06 bits per heavy atom. The molecule has 1 aliphatic rings. The van der Waals surface area contributed by atoms with Gasteiger partial charge in [0.1, 0.15) is 0 Å². The van der Waals surface area contributed by atoms with Gasteiger partial charge in [-0.3, -0.25) is 9.78 Å². The van der Waals surface area contributed by atoms with Gasteiger partial charge in [0, 0.05) is 23.0 Å². The monoisotopic (exact) mass is 446 g/mol. The van der Waals surface area contributed by atoms with Crippen LogP contribution in [0.5, 0.6) is 0 Å². The number of pyridine rings is 1. The molecule has 3 heterocycles. The zero-order chi connectivity index (χ0) is 21.0. The zero-order valence-electron chi connectivity index (χ0n) is 16.4. The molecule has 4 aromatic rings. The Labute approximate surface area is 188 Å². The van der Waals surface area contributed by atoms with Crippen LogP contribution in [0.25, 0.3) is 11.5 Å². The molecule has 0 saturated carbocycles. The second-order valence-electron chi connectivity index (χ2n) is 6.87. The summed E-state index contributed by atoms with van der Waals surface area (Å²) in [5, 5.41) is 8.51. The lowest BCUT2D eigenvalue weighted by atomic mass is 10.1. The predicted octanol–water partition coefficient (Wildman–Crippen LogP) is 5.10. The van der Waals surface area contributed by atoms with E-state index in [4.69, 9.17) is 4.42 Å². The average Bonchev–Trinajstić information content (AvgIpc) is 3.32. The molecule has 0 fully saturated rings. The van der Waals surface area contributed by atoms with Gasteiger partial charge in [-0.25, -0.2) is 0 Å². The number of hydrogen-bond acceptors (Lipinski definition) is 7. The molecule has 1 atom stereocenters. The van der Waals surface area contributed by atoms with Crippen molar-refractivity contribution in [3.8, 4) is 11.5 Å². The highest BCUT2D eigenvalue weighted by Crippen LogP contribution is 2.43. The van der Waals surface area contributed by atoms with Crippen molar-refractivity contribution in [2.45, 2.75) is 16.2 Å². The maximum absolute atomic E-state index is 13.4. The van der Waals surface area contributed by atoms with Crippen LogP contribution in [-0.2, 0) is 4.79 Å². The minimum atomic E-state index is -0.0251. The lowest BCUT2D eigenvalue weighted by Crippen LogP contribution is -2.39. The van der Waals surface area contributed by atoms with Crippen LogP contribution in [-0.4, -0.2) is 32.6 Å². The van der Waals surface area contributed by atoms with Crippen LogP contribution in [0.4, 0.5) is 5.69 Å². The summed E-state index contributed by atoms with van der Waals surface area (Å²) in [6.07, 6.45) is 3.35. The number of para-hydroxylation sites is 1. The third-order valence-electron chi connectivity index (χ3n) is 4.92. The molecule has 1 amide bonds. The maximum Gasteiger partial charge on any atom is 0.277 e. The van der Waals surface area contributed by atoms with Crippen LogP contribution in [0.1, 0.15) is 11.6 Å². The van der Waals surface area contributed by atoms with E-state index in [1.165, 1.54) is 11.8 Å². The summed E-state index contributed by atoms with van der Waals surface area (Å²) in [7, 11) is 0. The molecule has 154 valence electrons. The minimum absolute atomic E-state index is 0.00716. The van der Waals surface area contributed by atoms with E-state index in [9.17, 15) is 4.79 Å². The van der Waals surface area contributed by atoms with E-state index in [-0.39, 0.29) is 17.7 Å². The first-order chi connectivity index (χ1) is 15.3. The molecular weight excluding hydrogens is 428 g/mol. The molecule has 6 nitrogen and oxygen atoms in total. The molecule has 0 unspecified atom stereocenters. The van der Waals surface area contributed by atoms with E-state index in [1.54, 1.807) is 24.2 Å². The molecule has 2 aromatic carbocycles. The van der Waals surface area contributed by atoms with Crippen LogP contribution in [0, 0.1) is 0 Å². The average molecular weight is 447 g/mol. The van der Waals surface area contributed by atoms with Gasteiger partial charge in [0.25, 0.3) is 5.22 Å². The summed E-state index contributed by atoms with van der Waals surface area (Å²) in [6, 6.07) is 21.8. The summed E-state index contributed by atoms with van der Waals surface area (Å²) in [5.74, 6) is 1.41. The lowest BCUT2D eigenvalue weighted by molar-refractivity contribution is -0.116. The molecule has 5 rings (SSSR count). The van der Waals surface area contributed by atoms with Crippen LogP contribution in [0.15, 0.2) is 93.7 Å². The highest BCUT2D eigenvalue weighted by atomic mass is 32.2. The Bertz CT molecular complexity index is 1180. The van der Waals surface area contributed by atoms with E-state index in [2.05, 4.69) is 33.4 Å². The van der Waals surface area contributed by atoms with Gasteiger partial charge in [0.2, 0.25) is 11.8 Å². The Balaban J connectivity index is 1.37. The molecule has 0 saturated heterocycles. The van der Waals surface area contributed by atoms with Gasteiger partial charge in [0.05, 0.1) is 23.0 Å². The third kappa shape index (κ3) is 4.22. The van der Waals surface area contributed by atoms with Crippen molar-refractivity contribution in [2.75, 3.05) is 16.4 Å². The summed E-state index contributed by atoms with van der Waals surface area (Å²) in [5.41, 5.74) is 2.82. The van der Waals surface area contributed by atoms with Crippen molar-refractivity contribution in [1.29, 1.82) is 0 Å². The van der Waals surface area contributed by atoms with Crippen LogP contribution < -0.4 is 4.90 Å². The summed E-state index contributed by atoms with van der Waals surface area (Å²) in [6.45, 7) is 0. The number of hydrogen-bond donors (Lipinski definition) is 0. The fourth-order valence-electron chi connectivity index (χ4n) is 3.49.